The number of alkyl carbamates (subject to hydrolysis) is 1. The van der Waals surface area contributed by atoms with E-state index in [1.54, 1.807) is 20.8 Å². The van der Waals surface area contributed by atoms with Gasteiger partial charge in [0.15, 0.2) is 5.13 Å². The van der Waals surface area contributed by atoms with E-state index in [0.29, 0.717) is 30.6 Å². The van der Waals surface area contributed by atoms with Gasteiger partial charge in [-0.2, -0.15) is 4.98 Å². The molecule has 1 unspecified atom stereocenters. The minimum Gasteiger partial charge on any atom is -0.480 e. The summed E-state index contributed by atoms with van der Waals surface area (Å²) in [6.07, 6.45) is -0.711. The zero-order chi connectivity index (χ0) is 20.0. The molecular formula is C17H27N3O6S. The second-order valence-corrected chi connectivity index (χ2v) is 8.06. The highest BCUT2D eigenvalue weighted by molar-refractivity contribution is 7.15. The van der Waals surface area contributed by atoms with E-state index in [-0.39, 0.29) is 6.42 Å². The third-order valence-electron chi connectivity index (χ3n) is 3.59. The van der Waals surface area contributed by atoms with Crippen LogP contribution in [0.4, 0.5) is 9.93 Å². The van der Waals surface area contributed by atoms with Crippen molar-refractivity contribution in [2.45, 2.75) is 45.8 Å². The second-order valence-electron chi connectivity index (χ2n) is 7.00. The van der Waals surface area contributed by atoms with E-state index in [2.05, 4.69) is 15.2 Å². The average Bonchev–Trinajstić information content (AvgIpc) is 2.96. The lowest BCUT2D eigenvalue weighted by molar-refractivity contribution is -0.139. The molecule has 2 N–H and O–H groups in total. The van der Waals surface area contributed by atoms with Gasteiger partial charge in [0.25, 0.3) is 0 Å². The highest BCUT2D eigenvalue weighted by atomic mass is 32.1. The molecule has 27 heavy (non-hydrogen) atoms. The summed E-state index contributed by atoms with van der Waals surface area (Å²) in [5.74, 6) is -0.745. The molecule has 1 saturated heterocycles. The van der Waals surface area contributed by atoms with Crippen LogP contribution in [0.15, 0.2) is 0 Å². The van der Waals surface area contributed by atoms with Crippen LogP contribution in [0.2, 0.25) is 0 Å². The quantitative estimate of drug-likeness (QED) is 0.713. The number of amides is 1. The number of carbonyl (C=O) groups excluding carboxylic acids is 1. The molecule has 9 nitrogen and oxygen atoms in total. The average molecular weight is 401 g/mol. The molecule has 1 aliphatic rings. The molecule has 0 bridgehead atoms. The molecule has 0 aromatic carbocycles. The Balaban J connectivity index is 2.14. The summed E-state index contributed by atoms with van der Waals surface area (Å²) < 4.78 is 16.1. The van der Waals surface area contributed by atoms with Gasteiger partial charge in [-0.15, -0.1) is 0 Å². The highest BCUT2D eigenvalue weighted by Crippen LogP contribution is 2.33. The van der Waals surface area contributed by atoms with E-state index in [4.69, 9.17) is 14.2 Å². The zero-order valence-electron chi connectivity index (χ0n) is 16.1. The van der Waals surface area contributed by atoms with Crippen molar-refractivity contribution in [1.82, 2.24) is 10.3 Å². The van der Waals surface area contributed by atoms with Gasteiger partial charge in [0.2, 0.25) is 5.88 Å². The van der Waals surface area contributed by atoms with E-state index < -0.39 is 23.7 Å². The predicted molar refractivity (Wildman–Crippen MR) is 101 cm³/mol. The fourth-order valence-electron chi connectivity index (χ4n) is 2.43. The number of carbonyl (C=O) groups is 2. The molecule has 1 amide bonds. The van der Waals surface area contributed by atoms with Gasteiger partial charge >= 0.3 is 12.1 Å². The van der Waals surface area contributed by atoms with Crippen molar-refractivity contribution < 1.29 is 28.9 Å². The molecule has 0 spiro atoms. The Bertz CT molecular complexity index is 652. The molecule has 2 heterocycles. The minimum atomic E-state index is -1.15. The summed E-state index contributed by atoms with van der Waals surface area (Å²) >= 11 is 1.37. The number of aliphatic carboxylic acids is 1. The number of nitrogens with one attached hydrogen (secondary N) is 1. The van der Waals surface area contributed by atoms with Gasteiger partial charge in [-0.3, -0.25) is 0 Å². The van der Waals surface area contributed by atoms with Gasteiger partial charge in [0.05, 0.1) is 24.7 Å². The van der Waals surface area contributed by atoms with E-state index in [9.17, 15) is 14.7 Å². The number of anilines is 1. The number of thiazole rings is 1. The van der Waals surface area contributed by atoms with Crippen LogP contribution in [0.1, 0.15) is 32.6 Å². The normalized spacial score (nSPS) is 15.9. The van der Waals surface area contributed by atoms with Gasteiger partial charge in [0, 0.05) is 19.5 Å². The number of nitrogens with zero attached hydrogens (tertiary/aromatic N) is 2. The van der Waals surface area contributed by atoms with Crippen molar-refractivity contribution in [3.63, 3.8) is 0 Å². The summed E-state index contributed by atoms with van der Waals surface area (Å²) in [7, 11) is 0. The first-order chi connectivity index (χ1) is 12.7. The van der Waals surface area contributed by atoms with E-state index in [1.165, 1.54) is 11.3 Å². The highest BCUT2D eigenvalue weighted by Gasteiger charge is 2.28. The fraction of sp³-hybridized carbons (Fsp3) is 0.706. The van der Waals surface area contributed by atoms with Gasteiger partial charge in [-0.25, -0.2) is 9.59 Å². The molecule has 0 radical (unpaired) electrons. The maximum absolute atomic E-state index is 12.0. The first kappa shape index (κ1) is 21.2. The number of aromatic nitrogens is 1. The van der Waals surface area contributed by atoms with Crippen LogP contribution in [0.25, 0.3) is 0 Å². The first-order valence-electron chi connectivity index (χ1n) is 8.87. The molecule has 0 aliphatic carbocycles. The minimum absolute atomic E-state index is 0.0614. The van der Waals surface area contributed by atoms with E-state index in [1.807, 2.05) is 6.92 Å². The summed E-state index contributed by atoms with van der Waals surface area (Å²) in [6.45, 7) is 10.1. The Morgan fingerprint density at radius 1 is 1.37 bits per heavy atom. The van der Waals surface area contributed by atoms with Crippen LogP contribution < -0.4 is 15.0 Å². The fourth-order valence-corrected chi connectivity index (χ4v) is 3.53. The third kappa shape index (κ3) is 6.55. The van der Waals surface area contributed by atoms with E-state index in [0.717, 1.165) is 18.2 Å². The summed E-state index contributed by atoms with van der Waals surface area (Å²) in [6, 6.07) is -1.14. The zero-order valence-corrected chi connectivity index (χ0v) is 16.9. The second kappa shape index (κ2) is 9.23. The number of rotatable bonds is 7. The molecule has 1 aromatic rings. The Kier molecular flexibility index (Phi) is 7.25. The lowest BCUT2D eigenvalue weighted by atomic mass is 10.2. The first-order valence-corrected chi connectivity index (χ1v) is 9.68. The van der Waals surface area contributed by atoms with Crippen molar-refractivity contribution in [3.8, 4) is 5.88 Å². The topological polar surface area (TPSA) is 110 Å². The van der Waals surface area contributed by atoms with Crippen molar-refractivity contribution in [2.75, 3.05) is 37.8 Å². The van der Waals surface area contributed by atoms with Gasteiger partial charge < -0.3 is 29.5 Å². The molecule has 2 rings (SSSR count). The lowest BCUT2D eigenvalue weighted by Crippen LogP contribution is -2.44. The third-order valence-corrected chi connectivity index (χ3v) is 4.71. The van der Waals surface area contributed by atoms with E-state index >= 15 is 0 Å². The molecule has 1 aliphatic heterocycles. The molecule has 10 heteroatoms. The Morgan fingerprint density at radius 2 is 2.04 bits per heavy atom. The molecule has 1 atom stereocenters. The van der Waals surface area contributed by atoms with Crippen LogP contribution in [0, 0.1) is 0 Å². The number of hydrogen-bond acceptors (Lipinski definition) is 8. The molecule has 1 fully saturated rings. The largest absolute Gasteiger partial charge is 0.480 e. The number of ether oxygens (including phenoxy) is 3. The van der Waals surface area contributed by atoms with Crippen molar-refractivity contribution in [3.05, 3.63) is 4.88 Å². The van der Waals surface area contributed by atoms with Crippen LogP contribution >= 0.6 is 11.3 Å². The standard InChI is InChI=1S/C17H27N3O6S/c1-5-25-13-12(27-15(19-13)20-6-8-24-9-7-20)10-11(14(21)22)18-16(23)26-17(2,3)4/h11H,5-10H2,1-4H3,(H,18,23)(H,21,22). The van der Waals surface area contributed by atoms with Gasteiger partial charge in [0.1, 0.15) is 11.6 Å². The monoisotopic (exact) mass is 401 g/mol. The summed E-state index contributed by atoms with van der Waals surface area (Å²) in [4.78, 5) is 30.8. The Labute approximate surface area is 162 Å². The Morgan fingerprint density at radius 3 is 2.59 bits per heavy atom. The van der Waals surface area contributed by atoms with Gasteiger partial charge in [-0.1, -0.05) is 11.3 Å². The van der Waals surface area contributed by atoms with Crippen LogP contribution in [-0.2, 0) is 20.7 Å². The smallest absolute Gasteiger partial charge is 0.408 e. The SMILES string of the molecule is CCOc1nc(N2CCOCC2)sc1CC(NC(=O)OC(C)(C)C)C(=O)O. The maximum atomic E-state index is 12.0. The van der Waals surface area contributed by atoms with Crippen LogP contribution in [0.3, 0.4) is 0 Å². The van der Waals surface area contributed by atoms with Crippen LogP contribution in [-0.4, -0.2) is 66.7 Å². The van der Waals surface area contributed by atoms with Crippen molar-refractivity contribution in [1.29, 1.82) is 0 Å². The van der Waals surface area contributed by atoms with Crippen molar-refractivity contribution in [2.24, 2.45) is 0 Å². The maximum Gasteiger partial charge on any atom is 0.408 e. The molecule has 1 aromatic heterocycles. The van der Waals surface area contributed by atoms with Crippen LogP contribution in [0.5, 0.6) is 5.88 Å². The number of hydrogen-bond donors (Lipinski definition) is 2. The number of morpholine rings is 1. The summed E-state index contributed by atoms with van der Waals surface area (Å²) in [5.41, 5.74) is -0.711. The number of carboxylic acid groups (broad SMARTS) is 1. The lowest BCUT2D eigenvalue weighted by Gasteiger charge is -2.25. The number of carboxylic acids is 1. The predicted octanol–water partition coefficient (Wildman–Crippen LogP) is 1.90. The molecular weight excluding hydrogens is 374 g/mol. The molecule has 152 valence electrons. The summed E-state index contributed by atoms with van der Waals surface area (Å²) in [5, 5.41) is 12.7. The van der Waals surface area contributed by atoms with Crippen molar-refractivity contribution >= 4 is 28.5 Å². The Hall–Kier alpha value is -2.07. The van der Waals surface area contributed by atoms with Gasteiger partial charge in [-0.05, 0) is 27.7 Å². The molecule has 0 saturated carbocycles.